The summed E-state index contributed by atoms with van der Waals surface area (Å²) in [5.74, 6) is 1.03. The molecule has 0 saturated carbocycles. The number of aromatic hydroxyl groups is 1. The molecule has 0 saturated heterocycles. The van der Waals surface area contributed by atoms with Crippen LogP contribution in [-0.2, 0) is 11.3 Å². The van der Waals surface area contributed by atoms with Crippen molar-refractivity contribution in [2.75, 3.05) is 27.2 Å². The van der Waals surface area contributed by atoms with Crippen molar-refractivity contribution < 1.29 is 14.6 Å². The number of methoxy groups -OCH3 is 1. The molecule has 0 aliphatic carbocycles. The average Bonchev–Trinajstić information content (AvgIpc) is 2.38. The number of carbonyl (C=O) groups excluding carboxylic acids is 1. The minimum Gasteiger partial charge on any atom is -0.504 e. The Morgan fingerprint density at radius 3 is 2.75 bits per heavy atom. The molecule has 5 nitrogen and oxygen atoms in total. The summed E-state index contributed by atoms with van der Waals surface area (Å²) >= 11 is 0. The zero-order valence-corrected chi connectivity index (χ0v) is 12.6. The topological polar surface area (TPSA) is 61.8 Å². The number of hydrogen-bond acceptors (Lipinski definition) is 4. The highest BCUT2D eigenvalue weighted by Gasteiger charge is 2.09. The van der Waals surface area contributed by atoms with Crippen LogP contribution in [0.3, 0.4) is 0 Å². The fraction of sp³-hybridized carbons (Fsp3) is 0.533. The molecule has 1 aromatic carbocycles. The first kappa shape index (κ1) is 16.3. The molecule has 0 radical (unpaired) electrons. The van der Waals surface area contributed by atoms with E-state index < -0.39 is 0 Å². The number of benzene rings is 1. The molecule has 0 aliphatic rings. The van der Waals surface area contributed by atoms with Crippen LogP contribution in [0.4, 0.5) is 0 Å². The highest BCUT2D eigenvalue weighted by atomic mass is 16.5. The summed E-state index contributed by atoms with van der Waals surface area (Å²) in [4.78, 5) is 13.6. The van der Waals surface area contributed by atoms with Crippen LogP contribution in [-0.4, -0.2) is 43.2 Å². The van der Waals surface area contributed by atoms with Gasteiger partial charge in [-0.25, -0.2) is 0 Å². The summed E-state index contributed by atoms with van der Waals surface area (Å²) < 4.78 is 5.07. The first-order valence-electron chi connectivity index (χ1n) is 6.73. The standard InChI is InChI=1S/C15H24N2O3/c1-11(2)8-16-15(19)10-17(3)9-12-5-6-13(18)14(7-12)20-4/h5-7,11,18H,8-10H2,1-4H3,(H,16,19). The minimum atomic E-state index is 0.0203. The SMILES string of the molecule is COc1cc(CN(C)CC(=O)NCC(C)C)ccc1O. The summed E-state index contributed by atoms with van der Waals surface area (Å²) in [6, 6.07) is 5.19. The van der Waals surface area contributed by atoms with Crippen LogP contribution in [0.5, 0.6) is 11.5 Å². The van der Waals surface area contributed by atoms with Crippen LogP contribution < -0.4 is 10.1 Å². The largest absolute Gasteiger partial charge is 0.504 e. The van der Waals surface area contributed by atoms with Gasteiger partial charge in [-0.1, -0.05) is 19.9 Å². The van der Waals surface area contributed by atoms with Gasteiger partial charge >= 0.3 is 0 Å². The van der Waals surface area contributed by atoms with Gasteiger partial charge in [-0.3, -0.25) is 9.69 Å². The van der Waals surface area contributed by atoms with E-state index in [9.17, 15) is 9.90 Å². The van der Waals surface area contributed by atoms with Gasteiger partial charge in [0.25, 0.3) is 0 Å². The van der Waals surface area contributed by atoms with Crippen LogP contribution >= 0.6 is 0 Å². The van der Waals surface area contributed by atoms with Gasteiger partial charge in [0, 0.05) is 13.1 Å². The molecular weight excluding hydrogens is 256 g/mol. The van der Waals surface area contributed by atoms with E-state index in [1.807, 2.05) is 18.0 Å². The number of hydrogen-bond donors (Lipinski definition) is 2. The smallest absolute Gasteiger partial charge is 0.234 e. The van der Waals surface area contributed by atoms with Gasteiger partial charge < -0.3 is 15.2 Å². The number of ether oxygens (including phenoxy) is 1. The van der Waals surface area contributed by atoms with E-state index in [0.717, 1.165) is 5.56 Å². The fourth-order valence-corrected chi connectivity index (χ4v) is 1.81. The molecule has 0 atom stereocenters. The van der Waals surface area contributed by atoms with Crippen molar-refractivity contribution in [1.82, 2.24) is 10.2 Å². The first-order chi connectivity index (χ1) is 9.42. The molecule has 112 valence electrons. The van der Waals surface area contributed by atoms with Crippen molar-refractivity contribution in [3.63, 3.8) is 0 Å². The maximum atomic E-state index is 11.7. The molecule has 1 rings (SSSR count). The van der Waals surface area contributed by atoms with Crippen molar-refractivity contribution in [2.24, 2.45) is 5.92 Å². The zero-order chi connectivity index (χ0) is 15.1. The van der Waals surface area contributed by atoms with Gasteiger partial charge in [-0.2, -0.15) is 0 Å². The maximum Gasteiger partial charge on any atom is 0.234 e. The van der Waals surface area contributed by atoms with E-state index >= 15 is 0 Å². The Bertz CT molecular complexity index is 447. The number of nitrogens with one attached hydrogen (secondary N) is 1. The Morgan fingerprint density at radius 1 is 1.45 bits per heavy atom. The summed E-state index contributed by atoms with van der Waals surface area (Å²) in [6.45, 7) is 5.78. The molecule has 0 aliphatic heterocycles. The molecule has 20 heavy (non-hydrogen) atoms. The summed E-state index contributed by atoms with van der Waals surface area (Å²) in [7, 11) is 3.40. The Labute approximate surface area is 120 Å². The third-order valence-corrected chi connectivity index (χ3v) is 2.82. The Kier molecular flexibility index (Phi) is 6.31. The number of likely N-dealkylation sites (N-methyl/N-ethyl adjacent to an activating group) is 1. The third-order valence-electron chi connectivity index (χ3n) is 2.82. The maximum absolute atomic E-state index is 11.7. The predicted molar refractivity (Wildman–Crippen MR) is 78.8 cm³/mol. The number of carbonyl (C=O) groups is 1. The fourth-order valence-electron chi connectivity index (χ4n) is 1.81. The molecular formula is C15H24N2O3. The van der Waals surface area contributed by atoms with Gasteiger partial charge in [-0.05, 0) is 30.7 Å². The third kappa shape index (κ3) is 5.48. The van der Waals surface area contributed by atoms with Crippen LogP contribution in [0.15, 0.2) is 18.2 Å². The lowest BCUT2D eigenvalue weighted by atomic mass is 10.2. The molecule has 0 bridgehead atoms. The monoisotopic (exact) mass is 280 g/mol. The van der Waals surface area contributed by atoms with E-state index in [-0.39, 0.29) is 11.7 Å². The lowest BCUT2D eigenvalue weighted by Gasteiger charge is -2.17. The number of nitrogens with zero attached hydrogens (tertiary/aromatic N) is 1. The number of phenolic OH excluding ortho intramolecular Hbond substituents is 1. The summed E-state index contributed by atoms with van der Waals surface area (Å²) in [6.07, 6.45) is 0. The van der Waals surface area contributed by atoms with Crippen molar-refractivity contribution >= 4 is 5.91 Å². The van der Waals surface area contributed by atoms with E-state index in [1.54, 1.807) is 12.1 Å². The molecule has 0 aromatic heterocycles. The van der Waals surface area contributed by atoms with Gasteiger partial charge in [0.2, 0.25) is 5.91 Å². The van der Waals surface area contributed by atoms with Crippen molar-refractivity contribution in [3.05, 3.63) is 23.8 Å². The van der Waals surface area contributed by atoms with E-state index in [2.05, 4.69) is 19.2 Å². The van der Waals surface area contributed by atoms with Gasteiger partial charge in [0.15, 0.2) is 11.5 Å². The Morgan fingerprint density at radius 2 is 2.15 bits per heavy atom. The normalized spacial score (nSPS) is 10.9. The van der Waals surface area contributed by atoms with Crippen LogP contribution in [0.2, 0.25) is 0 Å². The molecule has 0 heterocycles. The Hall–Kier alpha value is -1.75. The van der Waals surface area contributed by atoms with Gasteiger partial charge in [0.05, 0.1) is 13.7 Å². The van der Waals surface area contributed by atoms with Gasteiger partial charge in [-0.15, -0.1) is 0 Å². The molecule has 0 fully saturated rings. The van der Waals surface area contributed by atoms with E-state index in [0.29, 0.717) is 31.3 Å². The van der Waals surface area contributed by atoms with Crippen LogP contribution in [0.1, 0.15) is 19.4 Å². The number of phenols is 1. The van der Waals surface area contributed by atoms with Gasteiger partial charge in [0.1, 0.15) is 0 Å². The average molecular weight is 280 g/mol. The molecule has 1 amide bonds. The second-order valence-corrected chi connectivity index (χ2v) is 5.38. The minimum absolute atomic E-state index is 0.0203. The molecule has 5 heteroatoms. The lowest BCUT2D eigenvalue weighted by molar-refractivity contribution is -0.122. The number of amides is 1. The first-order valence-corrected chi connectivity index (χ1v) is 6.73. The quantitative estimate of drug-likeness (QED) is 0.796. The lowest BCUT2D eigenvalue weighted by Crippen LogP contribution is -2.36. The van der Waals surface area contributed by atoms with E-state index in [1.165, 1.54) is 7.11 Å². The molecule has 0 spiro atoms. The van der Waals surface area contributed by atoms with Crippen LogP contribution in [0, 0.1) is 5.92 Å². The summed E-state index contributed by atoms with van der Waals surface area (Å²) in [5, 5.41) is 12.4. The molecule has 1 aromatic rings. The van der Waals surface area contributed by atoms with Crippen molar-refractivity contribution in [2.45, 2.75) is 20.4 Å². The number of rotatable bonds is 7. The van der Waals surface area contributed by atoms with Crippen molar-refractivity contribution in [1.29, 1.82) is 0 Å². The molecule has 0 unspecified atom stereocenters. The predicted octanol–water partition coefficient (Wildman–Crippen LogP) is 1.60. The van der Waals surface area contributed by atoms with E-state index in [4.69, 9.17) is 4.74 Å². The Balaban J connectivity index is 2.49. The van der Waals surface area contributed by atoms with Crippen molar-refractivity contribution in [3.8, 4) is 11.5 Å². The summed E-state index contributed by atoms with van der Waals surface area (Å²) in [5.41, 5.74) is 0.985. The molecule has 2 N–H and O–H groups in total. The second kappa shape index (κ2) is 7.75. The highest BCUT2D eigenvalue weighted by Crippen LogP contribution is 2.26. The zero-order valence-electron chi connectivity index (χ0n) is 12.6. The van der Waals surface area contributed by atoms with Crippen LogP contribution in [0.25, 0.3) is 0 Å². The second-order valence-electron chi connectivity index (χ2n) is 5.38. The highest BCUT2D eigenvalue weighted by molar-refractivity contribution is 5.77.